The van der Waals surface area contributed by atoms with E-state index in [0.717, 1.165) is 42.1 Å². The van der Waals surface area contributed by atoms with Crippen molar-refractivity contribution in [1.82, 2.24) is 15.0 Å². The number of anilines is 3. The lowest BCUT2D eigenvalue weighted by atomic mass is 9.53. The Hall–Kier alpha value is -1.59. The maximum atomic E-state index is 4.83. The molecule has 0 amide bonds. The summed E-state index contributed by atoms with van der Waals surface area (Å²) in [7, 11) is 0. The van der Waals surface area contributed by atoms with Crippen LogP contribution >= 0.6 is 0 Å². The number of hydrogen-bond donors (Lipinski definition) is 3. The highest BCUT2D eigenvalue weighted by molar-refractivity contribution is 5.44. The topological polar surface area (TPSA) is 74.8 Å². The van der Waals surface area contributed by atoms with Crippen LogP contribution in [0.5, 0.6) is 0 Å². The fraction of sp³-hybridized carbons (Fsp3) is 0.880. The zero-order valence-electron chi connectivity index (χ0n) is 19.5. The molecule has 0 saturated heterocycles. The zero-order valence-corrected chi connectivity index (χ0v) is 19.5. The minimum Gasteiger partial charge on any atom is -0.354 e. The van der Waals surface area contributed by atoms with Gasteiger partial charge in [-0.15, -0.1) is 0 Å². The highest BCUT2D eigenvalue weighted by Crippen LogP contribution is 2.56. The Morgan fingerprint density at radius 2 is 1.39 bits per heavy atom. The Bertz CT molecular complexity index is 695. The molecule has 5 aliphatic carbocycles. The van der Waals surface area contributed by atoms with Crippen molar-refractivity contribution in [3.05, 3.63) is 0 Å². The molecule has 31 heavy (non-hydrogen) atoms. The van der Waals surface area contributed by atoms with E-state index < -0.39 is 0 Å². The number of hydrogen-bond acceptors (Lipinski definition) is 6. The van der Waals surface area contributed by atoms with Crippen LogP contribution in [0.2, 0.25) is 0 Å². The van der Waals surface area contributed by atoms with Gasteiger partial charge in [0.1, 0.15) is 0 Å². The molecule has 0 aliphatic heterocycles. The number of nitrogens with zero attached hydrogens (tertiary/aromatic N) is 3. The fourth-order valence-electron chi connectivity index (χ4n) is 6.92. The Morgan fingerprint density at radius 3 is 2.03 bits per heavy atom. The first-order chi connectivity index (χ1) is 15.2. The van der Waals surface area contributed by atoms with Gasteiger partial charge in [-0.2, -0.15) is 15.0 Å². The van der Waals surface area contributed by atoms with E-state index in [4.69, 9.17) is 15.0 Å². The van der Waals surface area contributed by atoms with Crippen LogP contribution in [0.1, 0.15) is 103 Å². The van der Waals surface area contributed by atoms with Gasteiger partial charge in [0.05, 0.1) is 0 Å². The second-order valence-electron chi connectivity index (χ2n) is 11.1. The lowest BCUT2D eigenvalue weighted by Gasteiger charge is -2.56. The van der Waals surface area contributed by atoms with Gasteiger partial charge in [0.25, 0.3) is 0 Å². The van der Waals surface area contributed by atoms with Crippen LogP contribution in [0.3, 0.4) is 0 Å². The van der Waals surface area contributed by atoms with Crippen LogP contribution in [0.25, 0.3) is 0 Å². The molecule has 6 heteroatoms. The van der Waals surface area contributed by atoms with Crippen molar-refractivity contribution in [2.24, 2.45) is 17.8 Å². The summed E-state index contributed by atoms with van der Waals surface area (Å²) in [6.45, 7) is 3.21. The summed E-state index contributed by atoms with van der Waals surface area (Å²) >= 11 is 0. The van der Waals surface area contributed by atoms with Crippen LogP contribution in [-0.2, 0) is 0 Å². The van der Waals surface area contributed by atoms with Crippen LogP contribution in [0, 0.1) is 17.8 Å². The summed E-state index contributed by atoms with van der Waals surface area (Å²) in [5.41, 5.74) is 0.223. The number of rotatable bonds is 12. The molecule has 0 aromatic carbocycles. The van der Waals surface area contributed by atoms with Gasteiger partial charge >= 0.3 is 0 Å². The number of nitrogens with one attached hydrogen (secondary N) is 3. The monoisotopic (exact) mass is 426 g/mol. The molecular formula is C25H42N6. The molecular weight excluding hydrogens is 384 g/mol. The SMILES string of the molecule is CCCCCCCCNc1nc(NC2CCC2)nc(NC23CC4CC(CC(C4)C2)C3)n1. The number of aromatic nitrogens is 3. The van der Waals surface area contributed by atoms with E-state index in [1.54, 1.807) is 0 Å². The van der Waals surface area contributed by atoms with Crippen molar-refractivity contribution in [2.75, 3.05) is 22.5 Å². The minimum atomic E-state index is 0.223. The summed E-state index contributed by atoms with van der Waals surface area (Å²) in [6.07, 6.45) is 19.9. The Morgan fingerprint density at radius 1 is 0.774 bits per heavy atom. The first-order valence-corrected chi connectivity index (χ1v) is 13.2. The van der Waals surface area contributed by atoms with E-state index in [2.05, 4.69) is 22.9 Å². The van der Waals surface area contributed by atoms with Crippen molar-refractivity contribution in [2.45, 2.75) is 115 Å². The molecule has 5 aliphatic rings. The van der Waals surface area contributed by atoms with Gasteiger partial charge in [0.2, 0.25) is 17.8 Å². The van der Waals surface area contributed by atoms with E-state index in [-0.39, 0.29) is 5.54 Å². The van der Waals surface area contributed by atoms with E-state index in [0.29, 0.717) is 6.04 Å². The second kappa shape index (κ2) is 9.50. The largest absolute Gasteiger partial charge is 0.354 e. The van der Waals surface area contributed by atoms with Crippen molar-refractivity contribution >= 4 is 17.8 Å². The predicted molar refractivity (Wildman–Crippen MR) is 127 cm³/mol. The highest BCUT2D eigenvalue weighted by atomic mass is 15.3. The van der Waals surface area contributed by atoms with Crippen LogP contribution in [-0.4, -0.2) is 33.1 Å². The molecule has 172 valence electrons. The Kier molecular flexibility index (Phi) is 6.51. The van der Waals surface area contributed by atoms with Crippen LogP contribution in [0.4, 0.5) is 17.8 Å². The quantitative estimate of drug-likeness (QED) is 0.357. The third-order valence-corrected chi connectivity index (χ3v) is 8.30. The van der Waals surface area contributed by atoms with Crippen molar-refractivity contribution in [3.8, 4) is 0 Å². The second-order valence-corrected chi connectivity index (χ2v) is 11.1. The average Bonchev–Trinajstić information content (AvgIpc) is 2.68. The average molecular weight is 427 g/mol. The molecule has 0 spiro atoms. The van der Waals surface area contributed by atoms with Crippen LogP contribution in [0.15, 0.2) is 0 Å². The van der Waals surface area contributed by atoms with E-state index in [9.17, 15) is 0 Å². The van der Waals surface area contributed by atoms with Crippen molar-refractivity contribution in [3.63, 3.8) is 0 Å². The molecule has 0 radical (unpaired) electrons. The highest BCUT2D eigenvalue weighted by Gasteiger charge is 2.51. The lowest BCUT2D eigenvalue weighted by molar-refractivity contribution is 0.0103. The molecule has 5 fully saturated rings. The summed E-state index contributed by atoms with van der Waals surface area (Å²) in [5.74, 6) is 5.01. The molecule has 4 bridgehead atoms. The van der Waals surface area contributed by atoms with Gasteiger partial charge in [-0.05, 0) is 82.0 Å². The lowest BCUT2D eigenvalue weighted by Crippen LogP contribution is -2.55. The third kappa shape index (κ3) is 5.25. The van der Waals surface area contributed by atoms with Crippen LogP contribution < -0.4 is 16.0 Å². The molecule has 1 aromatic heterocycles. The van der Waals surface area contributed by atoms with Gasteiger partial charge in [-0.25, -0.2) is 0 Å². The maximum Gasteiger partial charge on any atom is 0.229 e. The molecule has 0 atom stereocenters. The molecule has 1 heterocycles. The minimum absolute atomic E-state index is 0.223. The zero-order chi connectivity index (χ0) is 21.1. The Balaban J connectivity index is 1.23. The molecule has 6 nitrogen and oxygen atoms in total. The molecule has 3 N–H and O–H groups in total. The van der Waals surface area contributed by atoms with Gasteiger partial charge < -0.3 is 16.0 Å². The molecule has 6 rings (SSSR count). The predicted octanol–water partition coefficient (Wildman–Crippen LogP) is 5.99. The van der Waals surface area contributed by atoms with Crippen molar-refractivity contribution < 1.29 is 0 Å². The van der Waals surface area contributed by atoms with Gasteiger partial charge in [-0.3, -0.25) is 0 Å². The first-order valence-electron chi connectivity index (χ1n) is 13.2. The molecule has 1 aromatic rings. The van der Waals surface area contributed by atoms with E-state index in [1.165, 1.54) is 96.3 Å². The molecule has 0 unspecified atom stereocenters. The smallest absolute Gasteiger partial charge is 0.229 e. The van der Waals surface area contributed by atoms with Gasteiger partial charge in [0, 0.05) is 18.1 Å². The summed E-state index contributed by atoms with van der Waals surface area (Å²) in [6, 6.07) is 0.529. The standard InChI is InChI=1S/C25H42N6/c1-2-3-4-5-6-7-11-26-22-28-23(27-21-9-8-10-21)30-24(29-22)31-25-15-18-12-19(16-25)14-20(13-18)17-25/h18-21H,2-17H2,1H3,(H3,26,27,28,29,30,31). The third-order valence-electron chi connectivity index (χ3n) is 8.30. The summed E-state index contributed by atoms with van der Waals surface area (Å²) < 4.78 is 0. The number of unbranched alkanes of at least 4 members (excludes halogenated alkanes) is 5. The fourth-order valence-corrected chi connectivity index (χ4v) is 6.92. The van der Waals surface area contributed by atoms with E-state index >= 15 is 0 Å². The normalized spacial score (nSPS) is 31.5. The Labute approximate surface area is 188 Å². The summed E-state index contributed by atoms with van der Waals surface area (Å²) in [4.78, 5) is 14.4. The maximum absolute atomic E-state index is 4.83. The van der Waals surface area contributed by atoms with Crippen molar-refractivity contribution in [1.29, 1.82) is 0 Å². The summed E-state index contributed by atoms with van der Waals surface area (Å²) in [5, 5.41) is 10.9. The molecule has 5 saturated carbocycles. The first kappa shape index (κ1) is 21.3. The van der Waals surface area contributed by atoms with Gasteiger partial charge in [-0.1, -0.05) is 39.0 Å². The van der Waals surface area contributed by atoms with E-state index in [1.807, 2.05) is 0 Å². The van der Waals surface area contributed by atoms with Gasteiger partial charge in [0.15, 0.2) is 0 Å².